The quantitative estimate of drug-likeness (QED) is 0.928. The van der Waals surface area contributed by atoms with Crippen molar-refractivity contribution in [1.82, 2.24) is 9.55 Å². The number of rotatable bonds is 4. The summed E-state index contributed by atoms with van der Waals surface area (Å²) in [4.78, 5) is 4.28. The van der Waals surface area contributed by atoms with E-state index in [1.807, 2.05) is 30.7 Å². The molecule has 0 radical (unpaired) electrons. The second-order valence-electron chi connectivity index (χ2n) is 5.31. The van der Waals surface area contributed by atoms with Crippen molar-refractivity contribution in [1.29, 1.82) is 0 Å². The normalized spacial score (nSPS) is 14.8. The lowest BCUT2D eigenvalue weighted by Gasteiger charge is -2.20. The van der Waals surface area contributed by atoms with Crippen LogP contribution in [0.2, 0.25) is 0 Å². The van der Waals surface area contributed by atoms with E-state index in [2.05, 4.69) is 23.4 Å². The Kier molecular flexibility index (Phi) is 3.36. The zero-order valence-electron chi connectivity index (χ0n) is 11.7. The fraction of sp³-hybridized carbons (Fsp3) is 0.400. The van der Waals surface area contributed by atoms with Gasteiger partial charge in [-0.2, -0.15) is 0 Å². The maximum atomic E-state index is 5.92. The molecule has 5 heteroatoms. The van der Waals surface area contributed by atoms with E-state index in [0.717, 1.165) is 22.9 Å². The van der Waals surface area contributed by atoms with Gasteiger partial charge in [-0.3, -0.25) is 0 Å². The highest BCUT2D eigenvalue weighted by atomic mass is 16.7. The maximum absolute atomic E-state index is 5.92. The molecule has 1 unspecified atom stereocenters. The lowest BCUT2D eigenvalue weighted by Crippen LogP contribution is -2.20. The standard InChI is InChI=1S/C15H19N3O2/c1-10(2)12(6-16)13-7-17-8-18(13)11-3-4-14-15(5-11)20-9-19-14/h3-5,7-8,10,12H,6,9,16H2,1-2H3. The molecule has 1 aliphatic heterocycles. The average molecular weight is 273 g/mol. The van der Waals surface area contributed by atoms with E-state index in [9.17, 15) is 0 Å². The summed E-state index contributed by atoms with van der Waals surface area (Å²) in [5.41, 5.74) is 8.06. The third kappa shape index (κ3) is 2.14. The molecular weight excluding hydrogens is 254 g/mol. The Bertz CT molecular complexity index is 607. The molecule has 20 heavy (non-hydrogen) atoms. The van der Waals surface area contributed by atoms with Crippen molar-refractivity contribution in [2.24, 2.45) is 11.7 Å². The maximum Gasteiger partial charge on any atom is 0.231 e. The van der Waals surface area contributed by atoms with Crippen molar-refractivity contribution in [3.05, 3.63) is 36.4 Å². The number of hydrogen-bond donors (Lipinski definition) is 1. The number of benzene rings is 1. The zero-order chi connectivity index (χ0) is 14.1. The summed E-state index contributed by atoms with van der Waals surface area (Å²) in [5.74, 6) is 2.30. The third-order valence-electron chi connectivity index (χ3n) is 3.74. The summed E-state index contributed by atoms with van der Waals surface area (Å²) in [5, 5.41) is 0. The first-order valence-electron chi connectivity index (χ1n) is 6.83. The first-order valence-corrected chi connectivity index (χ1v) is 6.83. The van der Waals surface area contributed by atoms with Gasteiger partial charge < -0.3 is 19.8 Å². The van der Waals surface area contributed by atoms with Gasteiger partial charge in [0.1, 0.15) is 0 Å². The molecule has 1 aromatic heterocycles. The number of imidazole rings is 1. The lowest BCUT2D eigenvalue weighted by atomic mass is 9.93. The van der Waals surface area contributed by atoms with Gasteiger partial charge in [0.2, 0.25) is 6.79 Å². The van der Waals surface area contributed by atoms with E-state index in [1.54, 1.807) is 0 Å². The molecule has 0 fully saturated rings. The predicted molar refractivity (Wildman–Crippen MR) is 76.3 cm³/mol. The van der Waals surface area contributed by atoms with Crippen molar-refractivity contribution in [2.45, 2.75) is 19.8 Å². The van der Waals surface area contributed by atoms with Crippen molar-refractivity contribution in [2.75, 3.05) is 13.3 Å². The smallest absolute Gasteiger partial charge is 0.231 e. The van der Waals surface area contributed by atoms with Gasteiger partial charge in [-0.15, -0.1) is 0 Å². The third-order valence-corrected chi connectivity index (χ3v) is 3.74. The van der Waals surface area contributed by atoms with Crippen molar-refractivity contribution < 1.29 is 9.47 Å². The van der Waals surface area contributed by atoms with Crippen LogP contribution in [0.15, 0.2) is 30.7 Å². The molecule has 3 rings (SSSR count). The Labute approximate surface area is 118 Å². The molecule has 0 saturated heterocycles. The first kappa shape index (κ1) is 13.0. The molecule has 0 bridgehead atoms. The number of aromatic nitrogens is 2. The molecule has 106 valence electrons. The fourth-order valence-corrected chi connectivity index (χ4v) is 2.56. The second kappa shape index (κ2) is 5.17. The van der Waals surface area contributed by atoms with Crippen LogP contribution in [0.4, 0.5) is 0 Å². The molecule has 1 aliphatic rings. The molecule has 0 saturated carbocycles. The Morgan fingerprint density at radius 3 is 2.85 bits per heavy atom. The molecule has 5 nitrogen and oxygen atoms in total. The Morgan fingerprint density at radius 1 is 1.30 bits per heavy atom. The van der Waals surface area contributed by atoms with E-state index in [0.29, 0.717) is 12.5 Å². The SMILES string of the molecule is CC(C)C(CN)c1cncn1-c1ccc2c(c1)OCO2. The number of nitrogens with two attached hydrogens (primary N) is 1. The van der Waals surface area contributed by atoms with Gasteiger partial charge in [0.05, 0.1) is 12.0 Å². The van der Waals surface area contributed by atoms with Crippen LogP contribution in [-0.4, -0.2) is 22.9 Å². The van der Waals surface area contributed by atoms with Crippen LogP contribution in [0.25, 0.3) is 5.69 Å². The minimum absolute atomic E-state index is 0.280. The van der Waals surface area contributed by atoms with Crippen LogP contribution < -0.4 is 15.2 Å². The molecule has 2 aromatic rings. The molecule has 2 heterocycles. The summed E-state index contributed by atoms with van der Waals surface area (Å²) in [7, 11) is 0. The number of nitrogens with zero attached hydrogens (tertiary/aromatic N) is 2. The lowest BCUT2D eigenvalue weighted by molar-refractivity contribution is 0.174. The highest BCUT2D eigenvalue weighted by Gasteiger charge is 2.20. The highest BCUT2D eigenvalue weighted by Crippen LogP contribution is 2.35. The summed E-state index contributed by atoms with van der Waals surface area (Å²) >= 11 is 0. The van der Waals surface area contributed by atoms with E-state index < -0.39 is 0 Å². The van der Waals surface area contributed by atoms with Crippen LogP contribution in [0.1, 0.15) is 25.5 Å². The van der Waals surface area contributed by atoms with Crippen LogP contribution >= 0.6 is 0 Å². The van der Waals surface area contributed by atoms with E-state index in [4.69, 9.17) is 15.2 Å². The topological polar surface area (TPSA) is 62.3 Å². The highest BCUT2D eigenvalue weighted by molar-refractivity contribution is 5.50. The summed E-state index contributed by atoms with van der Waals surface area (Å²) < 4.78 is 12.8. The Morgan fingerprint density at radius 2 is 2.10 bits per heavy atom. The predicted octanol–water partition coefficient (Wildman–Crippen LogP) is 2.30. The van der Waals surface area contributed by atoms with Gasteiger partial charge in [0.15, 0.2) is 11.5 Å². The minimum Gasteiger partial charge on any atom is -0.454 e. The average Bonchev–Trinajstić information content (AvgIpc) is 3.06. The number of fused-ring (bicyclic) bond motifs is 1. The van der Waals surface area contributed by atoms with Gasteiger partial charge in [-0.05, 0) is 18.1 Å². The zero-order valence-corrected chi connectivity index (χ0v) is 11.7. The molecule has 1 aromatic carbocycles. The molecule has 0 amide bonds. The van der Waals surface area contributed by atoms with Crippen LogP contribution in [0, 0.1) is 5.92 Å². The van der Waals surface area contributed by atoms with E-state index in [-0.39, 0.29) is 12.7 Å². The van der Waals surface area contributed by atoms with Crippen molar-refractivity contribution in [3.63, 3.8) is 0 Å². The van der Waals surface area contributed by atoms with Gasteiger partial charge in [0, 0.05) is 30.4 Å². The van der Waals surface area contributed by atoms with E-state index in [1.165, 1.54) is 0 Å². The van der Waals surface area contributed by atoms with Crippen LogP contribution in [-0.2, 0) is 0 Å². The summed E-state index contributed by atoms with van der Waals surface area (Å²) in [6, 6.07) is 5.91. The van der Waals surface area contributed by atoms with Gasteiger partial charge in [-0.1, -0.05) is 13.8 Å². The van der Waals surface area contributed by atoms with Crippen LogP contribution in [0.5, 0.6) is 11.5 Å². The largest absolute Gasteiger partial charge is 0.454 e. The molecule has 0 aliphatic carbocycles. The minimum atomic E-state index is 0.280. The number of hydrogen-bond acceptors (Lipinski definition) is 4. The number of ether oxygens (including phenoxy) is 2. The second-order valence-corrected chi connectivity index (χ2v) is 5.31. The Balaban J connectivity index is 2.01. The summed E-state index contributed by atoms with van der Waals surface area (Å²) in [6.07, 6.45) is 3.71. The van der Waals surface area contributed by atoms with E-state index >= 15 is 0 Å². The molecule has 0 spiro atoms. The Hall–Kier alpha value is -2.01. The monoisotopic (exact) mass is 273 g/mol. The fourth-order valence-electron chi connectivity index (χ4n) is 2.56. The molecule has 2 N–H and O–H groups in total. The molecule has 1 atom stereocenters. The van der Waals surface area contributed by atoms with Crippen molar-refractivity contribution >= 4 is 0 Å². The molecular formula is C15H19N3O2. The first-order chi connectivity index (χ1) is 9.70. The van der Waals surface area contributed by atoms with Crippen molar-refractivity contribution in [3.8, 4) is 17.2 Å². The summed E-state index contributed by atoms with van der Waals surface area (Å²) in [6.45, 7) is 5.24. The van der Waals surface area contributed by atoms with Gasteiger partial charge >= 0.3 is 0 Å². The van der Waals surface area contributed by atoms with Gasteiger partial charge in [0.25, 0.3) is 0 Å². The van der Waals surface area contributed by atoms with Crippen LogP contribution in [0.3, 0.4) is 0 Å². The van der Waals surface area contributed by atoms with Gasteiger partial charge in [-0.25, -0.2) is 4.98 Å².